The van der Waals surface area contributed by atoms with Crippen LogP contribution in [0.3, 0.4) is 0 Å². The second-order valence-electron chi connectivity index (χ2n) is 7.08. The topological polar surface area (TPSA) is 42.4 Å². The number of benzene rings is 1. The van der Waals surface area contributed by atoms with Crippen LogP contribution in [0.25, 0.3) is 5.57 Å². The predicted molar refractivity (Wildman–Crippen MR) is 107 cm³/mol. The predicted octanol–water partition coefficient (Wildman–Crippen LogP) is 5.36. The fourth-order valence-corrected chi connectivity index (χ4v) is 4.26. The molecule has 1 amide bonds. The molecular weight excluding hydrogens is 379 g/mol. The average molecular weight is 401 g/mol. The van der Waals surface area contributed by atoms with Gasteiger partial charge in [-0.15, -0.1) is 0 Å². The first-order valence-electron chi connectivity index (χ1n) is 9.60. The van der Waals surface area contributed by atoms with Crippen LogP contribution in [0.15, 0.2) is 42.1 Å². The van der Waals surface area contributed by atoms with E-state index in [1.54, 1.807) is 24.1 Å². The zero-order chi connectivity index (χ0) is 19.7. The van der Waals surface area contributed by atoms with Crippen molar-refractivity contribution in [3.05, 3.63) is 69.5 Å². The SMILES string of the molecule is CCOC(=O)N1CCC(=C2c3ccc(Cl)cc3CC(F)c3cccnc32)CC1. The Hall–Kier alpha value is -2.40. The number of piperidine rings is 1. The lowest BCUT2D eigenvalue weighted by atomic mass is 9.88. The van der Waals surface area contributed by atoms with Crippen molar-refractivity contribution in [2.45, 2.75) is 32.4 Å². The van der Waals surface area contributed by atoms with Crippen molar-refractivity contribution >= 4 is 23.3 Å². The van der Waals surface area contributed by atoms with E-state index in [0.29, 0.717) is 48.8 Å². The van der Waals surface area contributed by atoms with Crippen molar-refractivity contribution in [1.29, 1.82) is 0 Å². The molecular formula is C22H22ClFN2O2. The maximum atomic E-state index is 15.1. The molecule has 4 rings (SSSR count). The van der Waals surface area contributed by atoms with Gasteiger partial charge in [-0.05, 0) is 49.1 Å². The van der Waals surface area contributed by atoms with Gasteiger partial charge in [0.15, 0.2) is 0 Å². The summed E-state index contributed by atoms with van der Waals surface area (Å²) in [6, 6.07) is 9.25. The number of carbonyl (C=O) groups excluding carboxylic acids is 1. The molecule has 0 N–H and O–H groups in total. The Morgan fingerprint density at radius 3 is 2.86 bits per heavy atom. The number of aromatic nitrogens is 1. The Morgan fingerprint density at radius 2 is 2.11 bits per heavy atom. The average Bonchev–Trinajstić information content (AvgIpc) is 2.82. The molecule has 4 nitrogen and oxygen atoms in total. The number of rotatable bonds is 1. The number of amides is 1. The lowest BCUT2D eigenvalue weighted by Gasteiger charge is -2.29. The van der Waals surface area contributed by atoms with Gasteiger partial charge in [0.05, 0.1) is 12.3 Å². The van der Waals surface area contributed by atoms with Crippen LogP contribution in [0.4, 0.5) is 9.18 Å². The third kappa shape index (κ3) is 3.51. The number of alkyl halides is 1. The highest BCUT2D eigenvalue weighted by Crippen LogP contribution is 2.42. The van der Waals surface area contributed by atoms with E-state index in [1.165, 1.54) is 5.57 Å². The summed E-state index contributed by atoms with van der Waals surface area (Å²) < 4.78 is 20.2. The van der Waals surface area contributed by atoms with Gasteiger partial charge >= 0.3 is 6.09 Å². The zero-order valence-electron chi connectivity index (χ0n) is 15.8. The summed E-state index contributed by atoms with van der Waals surface area (Å²) in [6.45, 7) is 3.34. The van der Waals surface area contributed by atoms with Crippen molar-refractivity contribution < 1.29 is 13.9 Å². The van der Waals surface area contributed by atoms with E-state index in [0.717, 1.165) is 16.7 Å². The normalized spacial score (nSPS) is 19.0. The van der Waals surface area contributed by atoms with Gasteiger partial charge < -0.3 is 9.64 Å². The van der Waals surface area contributed by atoms with Gasteiger partial charge in [-0.25, -0.2) is 9.18 Å². The van der Waals surface area contributed by atoms with Crippen molar-refractivity contribution in [3.8, 4) is 0 Å². The highest BCUT2D eigenvalue weighted by Gasteiger charge is 2.30. The van der Waals surface area contributed by atoms with Crippen molar-refractivity contribution in [2.24, 2.45) is 0 Å². The summed E-state index contributed by atoms with van der Waals surface area (Å²) in [5.41, 5.74) is 5.39. The third-order valence-corrected chi connectivity index (χ3v) is 5.63. The van der Waals surface area contributed by atoms with Crippen LogP contribution in [0, 0.1) is 0 Å². The van der Waals surface area contributed by atoms with E-state index < -0.39 is 6.17 Å². The van der Waals surface area contributed by atoms with Crippen molar-refractivity contribution in [3.63, 3.8) is 0 Å². The monoisotopic (exact) mass is 400 g/mol. The first-order valence-corrected chi connectivity index (χ1v) is 9.98. The number of halogens is 2. The first-order chi connectivity index (χ1) is 13.6. The second kappa shape index (κ2) is 7.92. The van der Waals surface area contributed by atoms with Gasteiger partial charge in [0.2, 0.25) is 0 Å². The van der Waals surface area contributed by atoms with Crippen LogP contribution in [0.5, 0.6) is 0 Å². The van der Waals surface area contributed by atoms with Crippen LogP contribution < -0.4 is 0 Å². The fraction of sp³-hybridized carbons (Fsp3) is 0.364. The van der Waals surface area contributed by atoms with E-state index >= 15 is 4.39 Å². The Kier molecular flexibility index (Phi) is 5.36. The molecule has 1 saturated heterocycles. The highest BCUT2D eigenvalue weighted by atomic mass is 35.5. The number of ether oxygens (including phenoxy) is 1. The number of hydrogen-bond donors (Lipinski definition) is 0. The van der Waals surface area contributed by atoms with Crippen LogP contribution in [0.2, 0.25) is 5.02 Å². The molecule has 1 atom stereocenters. The fourth-order valence-electron chi connectivity index (χ4n) is 4.07. The third-order valence-electron chi connectivity index (χ3n) is 5.40. The van der Waals surface area contributed by atoms with Gasteiger partial charge in [-0.1, -0.05) is 29.3 Å². The van der Waals surface area contributed by atoms with Crippen LogP contribution in [-0.4, -0.2) is 35.7 Å². The molecule has 0 saturated carbocycles. The molecule has 0 radical (unpaired) electrons. The molecule has 1 aliphatic carbocycles. The summed E-state index contributed by atoms with van der Waals surface area (Å²) in [5.74, 6) is 0. The standard InChI is InChI=1S/C22H22ClFN2O2/c1-2-28-22(27)26-10-7-14(8-11-26)20-17-6-5-16(23)12-15(17)13-19(24)18-4-3-9-25-21(18)20/h3-6,9,12,19H,2,7-8,10-11,13H2,1H3. The van der Waals surface area contributed by atoms with Gasteiger partial charge in [0, 0.05) is 41.9 Å². The Bertz CT molecular complexity index is 934. The molecule has 1 aromatic carbocycles. The minimum absolute atomic E-state index is 0.276. The maximum absolute atomic E-state index is 15.1. The van der Waals surface area contributed by atoms with Crippen molar-refractivity contribution in [1.82, 2.24) is 9.88 Å². The Balaban J connectivity index is 1.79. The van der Waals surface area contributed by atoms with E-state index in [1.807, 2.05) is 24.3 Å². The van der Waals surface area contributed by atoms with Crippen LogP contribution >= 0.6 is 11.6 Å². The smallest absolute Gasteiger partial charge is 0.409 e. The molecule has 0 bridgehead atoms. The Labute approximate surface area is 169 Å². The first kappa shape index (κ1) is 18.9. The lowest BCUT2D eigenvalue weighted by molar-refractivity contribution is 0.104. The van der Waals surface area contributed by atoms with Gasteiger partial charge in [0.25, 0.3) is 0 Å². The molecule has 2 aromatic rings. The largest absolute Gasteiger partial charge is 0.450 e. The van der Waals surface area contributed by atoms with Crippen LogP contribution in [-0.2, 0) is 11.2 Å². The Morgan fingerprint density at radius 1 is 1.32 bits per heavy atom. The number of likely N-dealkylation sites (tertiary alicyclic amines) is 1. The molecule has 2 aliphatic rings. The summed E-state index contributed by atoms with van der Waals surface area (Å²) in [6.07, 6.45) is 2.01. The minimum Gasteiger partial charge on any atom is -0.450 e. The van der Waals surface area contributed by atoms with E-state index in [-0.39, 0.29) is 12.5 Å². The number of fused-ring (bicyclic) bond motifs is 2. The quantitative estimate of drug-likeness (QED) is 0.647. The number of nitrogens with zero attached hydrogens (tertiary/aromatic N) is 2. The summed E-state index contributed by atoms with van der Waals surface area (Å²) in [7, 11) is 0. The van der Waals surface area contributed by atoms with E-state index in [2.05, 4.69) is 4.98 Å². The molecule has 1 fully saturated rings. The molecule has 6 heteroatoms. The highest BCUT2D eigenvalue weighted by molar-refractivity contribution is 6.30. The maximum Gasteiger partial charge on any atom is 0.409 e. The van der Waals surface area contributed by atoms with Gasteiger partial charge in [0.1, 0.15) is 6.17 Å². The number of pyridine rings is 1. The lowest BCUT2D eigenvalue weighted by Crippen LogP contribution is -2.37. The molecule has 28 heavy (non-hydrogen) atoms. The van der Waals surface area contributed by atoms with E-state index in [9.17, 15) is 4.79 Å². The summed E-state index contributed by atoms with van der Waals surface area (Å²) in [5, 5.41) is 0.603. The summed E-state index contributed by atoms with van der Waals surface area (Å²) >= 11 is 6.19. The molecule has 1 aromatic heterocycles. The van der Waals surface area contributed by atoms with Gasteiger partial charge in [-0.3, -0.25) is 4.98 Å². The molecule has 2 heterocycles. The molecule has 1 aliphatic heterocycles. The zero-order valence-corrected chi connectivity index (χ0v) is 16.5. The molecule has 1 unspecified atom stereocenters. The van der Waals surface area contributed by atoms with Gasteiger partial charge in [-0.2, -0.15) is 0 Å². The van der Waals surface area contributed by atoms with Crippen molar-refractivity contribution in [2.75, 3.05) is 19.7 Å². The molecule has 0 spiro atoms. The second-order valence-corrected chi connectivity index (χ2v) is 7.52. The minimum atomic E-state index is -1.13. The van der Waals surface area contributed by atoms with E-state index in [4.69, 9.17) is 16.3 Å². The van der Waals surface area contributed by atoms with Crippen LogP contribution in [0.1, 0.15) is 48.3 Å². The number of hydrogen-bond acceptors (Lipinski definition) is 3. The number of carbonyl (C=O) groups is 1. The summed E-state index contributed by atoms with van der Waals surface area (Å²) in [4.78, 5) is 18.3. The molecule has 146 valence electrons.